The van der Waals surface area contributed by atoms with Crippen LogP contribution in [-0.2, 0) is 4.74 Å². The summed E-state index contributed by atoms with van der Waals surface area (Å²) in [6, 6.07) is 0. The van der Waals surface area contributed by atoms with Crippen molar-refractivity contribution in [2.24, 2.45) is 4.40 Å². The molecule has 39 valence electrons. The van der Waals surface area contributed by atoms with Crippen LogP contribution in [0.2, 0.25) is 0 Å². The third-order valence-corrected chi connectivity index (χ3v) is 1.52. The van der Waals surface area contributed by atoms with Gasteiger partial charge in [-0.1, -0.05) is 0 Å². The van der Waals surface area contributed by atoms with Crippen LogP contribution in [0.3, 0.4) is 0 Å². The highest BCUT2D eigenvalue weighted by Crippen LogP contribution is 2.23. The summed E-state index contributed by atoms with van der Waals surface area (Å²) in [5.41, 5.74) is 0. The second-order valence-electron chi connectivity index (χ2n) is 1.12. The van der Waals surface area contributed by atoms with Gasteiger partial charge in [-0.15, -0.1) is 0 Å². The minimum absolute atomic E-state index is 0.181. The van der Waals surface area contributed by atoms with E-state index in [1.54, 1.807) is 6.92 Å². The van der Waals surface area contributed by atoms with E-state index in [2.05, 4.69) is 4.40 Å². The summed E-state index contributed by atoms with van der Waals surface area (Å²) in [5, 5.41) is 0. The Morgan fingerprint density at radius 2 is 2.71 bits per heavy atom. The molecule has 0 saturated carbocycles. The van der Waals surface area contributed by atoms with Crippen molar-refractivity contribution in [3.8, 4) is 0 Å². The van der Waals surface area contributed by atoms with E-state index >= 15 is 0 Å². The van der Waals surface area contributed by atoms with Gasteiger partial charge in [0, 0.05) is 18.9 Å². The molecule has 1 atom stereocenters. The predicted molar refractivity (Wildman–Crippen MR) is 33.2 cm³/mol. The molecule has 0 amide bonds. The van der Waals surface area contributed by atoms with Crippen LogP contribution in [0.1, 0.15) is 6.92 Å². The smallest absolute Gasteiger partial charge is 0.222 e. The van der Waals surface area contributed by atoms with Crippen molar-refractivity contribution < 1.29 is 4.74 Å². The second kappa shape index (κ2) is 1.96. The van der Waals surface area contributed by atoms with Gasteiger partial charge in [0.2, 0.25) is 4.77 Å². The van der Waals surface area contributed by atoms with Crippen LogP contribution >= 0.6 is 24.6 Å². The van der Waals surface area contributed by atoms with Crippen LogP contribution in [0.15, 0.2) is 4.40 Å². The topological polar surface area (TPSA) is 21.6 Å². The summed E-state index contributed by atoms with van der Waals surface area (Å²) in [6.45, 7) is 1.79. The van der Waals surface area contributed by atoms with E-state index in [1.165, 1.54) is 11.9 Å². The first kappa shape index (κ1) is 5.31. The van der Waals surface area contributed by atoms with Gasteiger partial charge in [0.15, 0.2) is 5.90 Å². The lowest BCUT2D eigenvalue weighted by atomic mass is 10.8. The Labute approximate surface area is 51.9 Å². The average Bonchev–Trinajstić information content (AvgIpc) is 1.87. The number of hydrogen-bond donors (Lipinski definition) is 0. The molecule has 1 unspecified atom stereocenters. The maximum absolute atomic E-state index is 4.89. The zero-order valence-corrected chi connectivity index (χ0v) is 5.38. The minimum Gasteiger partial charge on any atom is -0.454 e. The Bertz CT molecular complexity index is 103. The Morgan fingerprint density at radius 3 is 2.86 bits per heavy atom. The lowest BCUT2D eigenvalue weighted by Gasteiger charge is -1.94. The minimum atomic E-state index is -0.181. The number of ether oxygens (including phenoxy) is 1. The van der Waals surface area contributed by atoms with E-state index in [9.17, 15) is 0 Å². The maximum atomic E-state index is 4.89. The fourth-order valence-electron chi connectivity index (χ4n) is 0.300. The summed E-state index contributed by atoms with van der Waals surface area (Å²) < 4.78 is 8.53. The fraction of sp³-hybridized carbons (Fsp3) is 0.667. The fourth-order valence-corrected chi connectivity index (χ4v) is 1.03. The zero-order chi connectivity index (χ0) is 5.28. The van der Waals surface area contributed by atoms with Crippen molar-refractivity contribution >= 4 is 30.5 Å². The van der Waals surface area contributed by atoms with Crippen molar-refractivity contribution in [1.29, 1.82) is 0 Å². The molecule has 1 rings (SSSR count). The van der Waals surface area contributed by atoms with Crippen LogP contribution in [0, 0.1) is 0 Å². The molecule has 0 spiro atoms. The molecule has 2 nitrogen and oxygen atoms in total. The van der Waals surface area contributed by atoms with Crippen LogP contribution in [0.25, 0.3) is 0 Å². The second-order valence-corrected chi connectivity index (χ2v) is 2.67. The van der Waals surface area contributed by atoms with E-state index in [1.807, 2.05) is 0 Å². The van der Waals surface area contributed by atoms with Crippen LogP contribution < -0.4 is 0 Å². The molecule has 1 radical (unpaired) electrons. The summed E-state index contributed by atoms with van der Waals surface area (Å²) >= 11 is 5.99. The van der Waals surface area contributed by atoms with Crippen LogP contribution in [-0.4, -0.2) is 10.7 Å². The van der Waals surface area contributed by atoms with Crippen LogP contribution in [0.4, 0.5) is 0 Å². The largest absolute Gasteiger partial charge is 0.454 e. The molecule has 0 fully saturated rings. The van der Waals surface area contributed by atoms with Gasteiger partial charge in [-0.2, -0.15) is 4.40 Å². The van der Waals surface area contributed by atoms with Crippen molar-refractivity contribution in [3.63, 3.8) is 0 Å². The van der Waals surface area contributed by atoms with E-state index in [-0.39, 0.29) is 4.77 Å². The molecule has 0 aliphatic carbocycles. The quantitative estimate of drug-likeness (QED) is 0.469. The first-order valence-corrected chi connectivity index (χ1v) is 3.13. The van der Waals surface area contributed by atoms with Crippen molar-refractivity contribution in [1.82, 2.24) is 0 Å². The van der Waals surface area contributed by atoms with Gasteiger partial charge in [0.1, 0.15) is 0 Å². The summed E-state index contributed by atoms with van der Waals surface area (Å²) in [7, 11) is 0. The molecular formula is C3H4NOS2. The molecule has 4 heteroatoms. The molecule has 0 saturated heterocycles. The molecular weight excluding hydrogens is 130 g/mol. The Balaban J connectivity index is 2.42. The first-order chi connectivity index (χ1) is 3.29. The average molecular weight is 134 g/mol. The van der Waals surface area contributed by atoms with E-state index < -0.39 is 0 Å². The molecule has 1 aliphatic rings. The van der Waals surface area contributed by atoms with Gasteiger partial charge in [-0.05, 0) is 12.6 Å². The number of rotatable bonds is 0. The van der Waals surface area contributed by atoms with Crippen LogP contribution in [0.5, 0.6) is 0 Å². The highest BCUT2D eigenvalue weighted by molar-refractivity contribution is 8.09. The van der Waals surface area contributed by atoms with E-state index in [0.29, 0.717) is 5.90 Å². The van der Waals surface area contributed by atoms with Crippen molar-refractivity contribution in [2.75, 3.05) is 0 Å². The predicted octanol–water partition coefficient (Wildman–Crippen LogP) is 1.56. The standard InChI is InChI=1S/C3H4NOS2/c1-2-4-7-3(6)5-2/h3H,1H3. The van der Waals surface area contributed by atoms with Gasteiger partial charge >= 0.3 is 0 Å². The third kappa shape index (κ3) is 1.28. The molecule has 1 heterocycles. The lowest BCUT2D eigenvalue weighted by Crippen LogP contribution is -1.95. The Kier molecular flexibility index (Phi) is 1.49. The molecule has 0 bridgehead atoms. The van der Waals surface area contributed by atoms with Crippen molar-refractivity contribution in [2.45, 2.75) is 11.7 Å². The monoisotopic (exact) mass is 134 g/mol. The summed E-state index contributed by atoms with van der Waals surface area (Å²) in [5.74, 6) is 0.685. The molecule has 7 heavy (non-hydrogen) atoms. The molecule has 0 N–H and O–H groups in total. The van der Waals surface area contributed by atoms with Crippen molar-refractivity contribution in [3.05, 3.63) is 0 Å². The molecule has 0 aromatic rings. The Hall–Kier alpha value is 0.170. The highest BCUT2D eigenvalue weighted by atomic mass is 32.2. The van der Waals surface area contributed by atoms with Gasteiger partial charge in [0.05, 0.1) is 0 Å². The summed E-state index contributed by atoms with van der Waals surface area (Å²) in [6.07, 6.45) is 0. The van der Waals surface area contributed by atoms with Gasteiger partial charge in [0.25, 0.3) is 0 Å². The zero-order valence-electron chi connectivity index (χ0n) is 3.75. The highest BCUT2D eigenvalue weighted by Gasteiger charge is 2.12. The molecule has 0 aromatic heterocycles. The lowest BCUT2D eigenvalue weighted by molar-refractivity contribution is 0.362. The molecule has 0 aromatic carbocycles. The van der Waals surface area contributed by atoms with E-state index in [4.69, 9.17) is 17.4 Å². The van der Waals surface area contributed by atoms with Gasteiger partial charge in [-0.25, -0.2) is 0 Å². The third-order valence-electron chi connectivity index (χ3n) is 0.534. The normalized spacial score (nSPS) is 29.4. The summed E-state index contributed by atoms with van der Waals surface area (Å²) in [4.78, 5) is 0. The number of hydrogen-bond acceptors (Lipinski definition) is 3. The Morgan fingerprint density at radius 1 is 2.00 bits per heavy atom. The number of nitrogens with zero attached hydrogens (tertiary/aromatic N) is 1. The maximum Gasteiger partial charge on any atom is 0.222 e. The van der Waals surface area contributed by atoms with Gasteiger partial charge in [-0.3, -0.25) is 0 Å². The molecule has 1 aliphatic heterocycles. The van der Waals surface area contributed by atoms with Gasteiger partial charge < -0.3 is 4.74 Å². The van der Waals surface area contributed by atoms with E-state index in [0.717, 1.165) is 0 Å². The SMILES string of the molecule is CC1=NSC([S])O1. The first-order valence-electron chi connectivity index (χ1n) is 1.82.